The number of nitrogens with one attached hydrogen (secondary N) is 1. The van der Waals surface area contributed by atoms with Crippen molar-refractivity contribution in [2.24, 2.45) is 0 Å². The largest absolute Gasteiger partial charge is 0.452 e. The quantitative estimate of drug-likeness (QED) is 0.591. The van der Waals surface area contributed by atoms with Gasteiger partial charge in [0.15, 0.2) is 6.61 Å². The average Bonchev–Trinajstić information content (AvgIpc) is 3.05. The van der Waals surface area contributed by atoms with Crippen LogP contribution < -0.4 is 5.32 Å². The molecule has 25 heavy (non-hydrogen) atoms. The number of ketones is 1. The molecular weight excluding hydrogens is 360 g/mol. The van der Waals surface area contributed by atoms with Crippen molar-refractivity contribution in [1.82, 2.24) is 0 Å². The van der Waals surface area contributed by atoms with Crippen LogP contribution in [0.1, 0.15) is 22.8 Å². The average molecular weight is 374 g/mol. The molecule has 6 nitrogen and oxygen atoms in total. The first-order chi connectivity index (χ1) is 12.0. The predicted octanol–water partition coefficient (Wildman–Crippen LogP) is 3.10. The van der Waals surface area contributed by atoms with Crippen molar-refractivity contribution in [3.8, 4) is 6.07 Å². The lowest BCUT2D eigenvalue weighted by molar-refractivity contribution is -0.119. The van der Waals surface area contributed by atoms with Gasteiger partial charge in [0.25, 0.3) is 5.91 Å². The molecule has 0 aliphatic heterocycles. The zero-order chi connectivity index (χ0) is 18.2. The Morgan fingerprint density at radius 3 is 2.76 bits per heavy atom. The maximum absolute atomic E-state index is 12.2. The summed E-state index contributed by atoms with van der Waals surface area (Å²) in [6.07, 6.45) is 0. The number of carbonyl (C=O) groups excluding carboxylic acids is 3. The van der Waals surface area contributed by atoms with Gasteiger partial charge in [-0.3, -0.25) is 9.59 Å². The van der Waals surface area contributed by atoms with Gasteiger partial charge in [-0.25, -0.2) is 4.79 Å². The van der Waals surface area contributed by atoms with Crippen LogP contribution in [0, 0.1) is 11.3 Å². The molecule has 8 heteroatoms. The Hall–Kier alpha value is -2.63. The van der Waals surface area contributed by atoms with E-state index in [1.54, 1.807) is 35.7 Å². The molecule has 0 radical (unpaired) electrons. The van der Waals surface area contributed by atoms with Gasteiger partial charge in [0.1, 0.15) is 16.9 Å². The van der Waals surface area contributed by atoms with Gasteiger partial charge in [-0.1, -0.05) is 12.1 Å². The standard InChI is InChI=1S/C17H14N2O4S2/c1-11(20)10-25-14-5-3-2-4-13(14)17(22)23-9-15(21)19-16-12(8-18)6-7-24-16/h2-7H,9-10H2,1H3,(H,19,21). The Morgan fingerprint density at radius 2 is 2.04 bits per heavy atom. The Morgan fingerprint density at radius 1 is 1.28 bits per heavy atom. The van der Waals surface area contributed by atoms with Crippen LogP contribution in [0.25, 0.3) is 0 Å². The Labute approximate surface area is 152 Å². The van der Waals surface area contributed by atoms with Crippen molar-refractivity contribution >= 4 is 45.8 Å². The molecule has 2 rings (SSSR count). The molecule has 1 aromatic carbocycles. The summed E-state index contributed by atoms with van der Waals surface area (Å²) >= 11 is 2.46. The molecule has 0 bridgehead atoms. The normalized spacial score (nSPS) is 9.92. The highest BCUT2D eigenvalue weighted by Crippen LogP contribution is 2.24. The Bertz CT molecular complexity index is 839. The van der Waals surface area contributed by atoms with Gasteiger partial charge in [-0.15, -0.1) is 23.1 Å². The number of hydrogen-bond acceptors (Lipinski definition) is 7. The highest BCUT2D eigenvalue weighted by Gasteiger charge is 2.16. The number of rotatable bonds is 7. The molecule has 0 aliphatic carbocycles. The molecule has 0 spiro atoms. The molecule has 1 aromatic heterocycles. The summed E-state index contributed by atoms with van der Waals surface area (Å²) in [6, 6.07) is 10.3. The molecule has 0 aliphatic rings. The first-order valence-electron chi connectivity index (χ1n) is 7.17. The fourth-order valence-electron chi connectivity index (χ4n) is 1.81. The molecule has 0 atom stereocenters. The molecule has 1 heterocycles. The van der Waals surface area contributed by atoms with Crippen LogP contribution in [0.5, 0.6) is 0 Å². The lowest BCUT2D eigenvalue weighted by Crippen LogP contribution is -2.21. The third kappa shape index (κ3) is 5.45. The summed E-state index contributed by atoms with van der Waals surface area (Å²) in [5.74, 6) is -0.924. The summed E-state index contributed by atoms with van der Waals surface area (Å²) < 4.78 is 5.03. The van der Waals surface area contributed by atoms with Gasteiger partial charge < -0.3 is 10.1 Å². The van der Waals surface area contributed by atoms with E-state index in [0.29, 0.717) is 21.0 Å². The number of Topliss-reactive ketones (excluding diaryl/α,β-unsaturated/α-hetero) is 1. The lowest BCUT2D eigenvalue weighted by Gasteiger charge is -2.09. The zero-order valence-corrected chi connectivity index (χ0v) is 14.9. The minimum atomic E-state index is -0.645. The lowest BCUT2D eigenvalue weighted by atomic mass is 10.2. The van der Waals surface area contributed by atoms with Crippen LogP contribution >= 0.6 is 23.1 Å². The van der Waals surface area contributed by atoms with E-state index in [-0.39, 0.29) is 11.5 Å². The number of thiophene rings is 1. The maximum Gasteiger partial charge on any atom is 0.339 e. The summed E-state index contributed by atoms with van der Waals surface area (Å²) in [5.41, 5.74) is 0.658. The van der Waals surface area contributed by atoms with E-state index in [0.717, 1.165) is 0 Å². The molecule has 1 N–H and O–H groups in total. The Balaban J connectivity index is 1.95. The smallest absolute Gasteiger partial charge is 0.339 e. The summed E-state index contributed by atoms with van der Waals surface area (Å²) in [7, 11) is 0. The van der Waals surface area contributed by atoms with Gasteiger partial charge in [0.2, 0.25) is 0 Å². The van der Waals surface area contributed by atoms with Crippen LogP contribution in [-0.2, 0) is 14.3 Å². The number of nitriles is 1. The minimum absolute atomic E-state index is 0.00297. The van der Waals surface area contributed by atoms with Crippen molar-refractivity contribution < 1.29 is 19.1 Å². The first-order valence-corrected chi connectivity index (χ1v) is 9.03. The van der Waals surface area contributed by atoms with Gasteiger partial charge in [0, 0.05) is 4.90 Å². The number of ether oxygens (including phenoxy) is 1. The van der Waals surface area contributed by atoms with E-state index in [4.69, 9.17) is 10.00 Å². The Kier molecular flexibility index (Phi) is 6.74. The van der Waals surface area contributed by atoms with Crippen LogP contribution in [-0.4, -0.2) is 30.0 Å². The van der Waals surface area contributed by atoms with E-state index in [9.17, 15) is 14.4 Å². The molecule has 0 saturated carbocycles. The topological polar surface area (TPSA) is 96.3 Å². The molecule has 2 aromatic rings. The third-order valence-corrected chi connectivity index (χ3v) is 4.96. The highest BCUT2D eigenvalue weighted by molar-refractivity contribution is 8.00. The van der Waals surface area contributed by atoms with Crippen molar-refractivity contribution in [3.63, 3.8) is 0 Å². The number of carbonyl (C=O) groups is 3. The second-order valence-electron chi connectivity index (χ2n) is 4.89. The second-order valence-corrected chi connectivity index (χ2v) is 6.82. The van der Waals surface area contributed by atoms with Gasteiger partial charge in [-0.05, 0) is 30.5 Å². The third-order valence-electron chi connectivity index (χ3n) is 2.91. The molecule has 0 unspecified atom stereocenters. The van der Waals surface area contributed by atoms with Crippen LogP contribution in [0.3, 0.4) is 0 Å². The number of benzene rings is 1. The van der Waals surface area contributed by atoms with E-state index in [1.165, 1.54) is 30.0 Å². The van der Waals surface area contributed by atoms with Crippen molar-refractivity contribution in [1.29, 1.82) is 5.26 Å². The minimum Gasteiger partial charge on any atom is -0.452 e. The van der Waals surface area contributed by atoms with Crippen molar-refractivity contribution in [2.75, 3.05) is 17.7 Å². The SMILES string of the molecule is CC(=O)CSc1ccccc1C(=O)OCC(=O)Nc1sccc1C#N. The second kappa shape index (κ2) is 9.01. The highest BCUT2D eigenvalue weighted by atomic mass is 32.2. The number of anilines is 1. The number of thioether (sulfide) groups is 1. The first kappa shape index (κ1) is 18.7. The maximum atomic E-state index is 12.2. The summed E-state index contributed by atoms with van der Waals surface area (Å²) in [4.78, 5) is 35.8. The van der Waals surface area contributed by atoms with Crippen LogP contribution in [0.4, 0.5) is 5.00 Å². The molecule has 128 valence electrons. The fraction of sp³-hybridized carbons (Fsp3) is 0.176. The van der Waals surface area contributed by atoms with Crippen molar-refractivity contribution in [2.45, 2.75) is 11.8 Å². The number of hydrogen-bond donors (Lipinski definition) is 1. The van der Waals surface area contributed by atoms with E-state index < -0.39 is 18.5 Å². The van der Waals surface area contributed by atoms with Gasteiger partial charge >= 0.3 is 5.97 Å². The molecular formula is C17H14N2O4S2. The van der Waals surface area contributed by atoms with E-state index >= 15 is 0 Å². The van der Waals surface area contributed by atoms with E-state index in [2.05, 4.69) is 5.32 Å². The fourth-order valence-corrected chi connectivity index (χ4v) is 3.40. The van der Waals surface area contributed by atoms with Crippen LogP contribution in [0.15, 0.2) is 40.6 Å². The summed E-state index contributed by atoms with van der Waals surface area (Å²) in [5, 5.41) is 13.5. The van der Waals surface area contributed by atoms with Crippen LogP contribution in [0.2, 0.25) is 0 Å². The molecule has 1 amide bonds. The summed E-state index contributed by atoms with van der Waals surface area (Å²) in [6.45, 7) is 1.01. The van der Waals surface area contributed by atoms with Gasteiger partial charge in [0.05, 0.1) is 16.9 Å². The zero-order valence-electron chi connectivity index (χ0n) is 13.3. The molecule has 0 saturated heterocycles. The number of nitrogens with zero attached hydrogens (tertiary/aromatic N) is 1. The number of esters is 1. The predicted molar refractivity (Wildman–Crippen MR) is 95.8 cm³/mol. The van der Waals surface area contributed by atoms with E-state index in [1.807, 2.05) is 6.07 Å². The molecule has 0 fully saturated rings. The monoisotopic (exact) mass is 374 g/mol. The van der Waals surface area contributed by atoms with Gasteiger partial charge in [-0.2, -0.15) is 5.26 Å². The number of amides is 1. The van der Waals surface area contributed by atoms with Crippen molar-refractivity contribution in [3.05, 3.63) is 46.8 Å².